The molecule has 2 aliphatic carbocycles. The van der Waals surface area contributed by atoms with Crippen molar-refractivity contribution in [1.29, 1.82) is 0 Å². The molecule has 0 bridgehead atoms. The van der Waals surface area contributed by atoms with Crippen LogP contribution in [0.4, 0.5) is 0 Å². The highest BCUT2D eigenvalue weighted by atomic mass is 16.5. The van der Waals surface area contributed by atoms with E-state index < -0.39 is 0 Å². The first-order chi connectivity index (χ1) is 11.8. The Labute approximate surface area is 147 Å². The molecule has 0 heterocycles. The molecule has 1 saturated carbocycles. The van der Waals surface area contributed by atoms with Crippen LogP contribution >= 0.6 is 0 Å². The van der Waals surface area contributed by atoms with Crippen molar-refractivity contribution in [1.82, 2.24) is 0 Å². The number of carbonyl (C=O) groups excluding carboxylic acids is 1. The number of rotatable bonds is 10. The number of ether oxygens (including phenoxy) is 1. The van der Waals surface area contributed by atoms with E-state index in [0.29, 0.717) is 12.5 Å². The van der Waals surface area contributed by atoms with Gasteiger partial charge in [-0.1, -0.05) is 75.1 Å². The van der Waals surface area contributed by atoms with Crippen LogP contribution < -0.4 is 0 Å². The maximum Gasteiger partial charge on any atom is 0.330 e. The van der Waals surface area contributed by atoms with Gasteiger partial charge >= 0.3 is 5.97 Å². The van der Waals surface area contributed by atoms with Crippen molar-refractivity contribution < 1.29 is 9.53 Å². The molecule has 0 radical (unpaired) electrons. The van der Waals surface area contributed by atoms with Crippen molar-refractivity contribution in [3.8, 4) is 0 Å². The Morgan fingerprint density at radius 2 is 1.75 bits per heavy atom. The van der Waals surface area contributed by atoms with Crippen molar-refractivity contribution in [3.63, 3.8) is 0 Å². The van der Waals surface area contributed by atoms with Gasteiger partial charge in [-0.3, -0.25) is 0 Å². The molecule has 0 spiro atoms. The average molecular weight is 328 g/mol. The zero-order chi connectivity index (χ0) is 17.2. The molecule has 2 rings (SSSR count). The molecule has 2 heteroatoms. The van der Waals surface area contributed by atoms with E-state index in [-0.39, 0.29) is 5.97 Å². The smallest absolute Gasteiger partial charge is 0.330 e. The van der Waals surface area contributed by atoms with Crippen LogP contribution in [0.15, 0.2) is 48.6 Å². The fraction of sp³-hybridized carbons (Fsp3) is 0.591. The molecule has 0 saturated heterocycles. The Bertz CT molecular complexity index is 498. The van der Waals surface area contributed by atoms with Gasteiger partial charge in [0, 0.05) is 6.08 Å². The summed E-state index contributed by atoms with van der Waals surface area (Å²) in [6, 6.07) is 0. The lowest BCUT2D eigenvalue weighted by molar-refractivity contribution is -0.137. The van der Waals surface area contributed by atoms with Crippen LogP contribution in [0.5, 0.6) is 0 Å². The van der Waals surface area contributed by atoms with E-state index in [2.05, 4.69) is 37.3 Å². The van der Waals surface area contributed by atoms with E-state index in [1.54, 1.807) is 6.08 Å². The standard InChI is InChI=1S/C22H32O2/c1-3-5-6-8-13-18-19(21-16-12-11-15-20(18)21)14-9-7-10-17-22(23)24-4-2/h7,9-12,15-21H,3-6,8,13-14H2,1-2H3/b9-7+,17-10+/t18-,19-,20+,21-/m0/s1. The van der Waals surface area contributed by atoms with E-state index in [1.807, 2.05) is 13.0 Å². The summed E-state index contributed by atoms with van der Waals surface area (Å²) in [4.78, 5) is 11.3. The van der Waals surface area contributed by atoms with Gasteiger partial charge in [-0.15, -0.1) is 0 Å². The molecule has 2 nitrogen and oxygen atoms in total. The molecule has 0 unspecified atom stereocenters. The van der Waals surface area contributed by atoms with Gasteiger partial charge in [-0.05, 0) is 43.4 Å². The molecule has 0 N–H and O–H groups in total. The zero-order valence-corrected chi connectivity index (χ0v) is 15.2. The van der Waals surface area contributed by atoms with Crippen LogP contribution in [0, 0.1) is 23.7 Å². The highest BCUT2D eigenvalue weighted by Gasteiger charge is 2.46. The third-order valence-corrected chi connectivity index (χ3v) is 5.33. The quantitative estimate of drug-likeness (QED) is 0.225. The van der Waals surface area contributed by atoms with E-state index in [9.17, 15) is 4.79 Å². The fourth-order valence-corrected chi connectivity index (χ4v) is 4.11. The van der Waals surface area contributed by atoms with E-state index in [1.165, 1.54) is 38.2 Å². The van der Waals surface area contributed by atoms with Crippen molar-refractivity contribution in [2.75, 3.05) is 6.61 Å². The summed E-state index contributed by atoms with van der Waals surface area (Å²) in [6.07, 6.45) is 24.6. The molecule has 0 aromatic heterocycles. The predicted molar refractivity (Wildman–Crippen MR) is 101 cm³/mol. The van der Waals surface area contributed by atoms with E-state index >= 15 is 0 Å². The first-order valence-electron chi connectivity index (χ1n) is 9.62. The predicted octanol–water partition coefficient (Wildman–Crippen LogP) is 5.63. The Kier molecular flexibility index (Phi) is 8.07. The van der Waals surface area contributed by atoms with E-state index in [0.717, 1.165) is 24.2 Å². The highest BCUT2D eigenvalue weighted by Crippen LogP contribution is 2.53. The van der Waals surface area contributed by atoms with Gasteiger partial charge in [-0.2, -0.15) is 0 Å². The number of unbranched alkanes of at least 4 members (excludes halogenated alkanes) is 3. The monoisotopic (exact) mass is 328 g/mol. The van der Waals surface area contributed by atoms with Crippen molar-refractivity contribution >= 4 is 5.97 Å². The van der Waals surface area contributed by atoms with Crippen LogP contribution in [0.1, 0.15) is 52.4 Å². The van der Waals surface area contributed by atoms with E-state index in [4.69, 9.17) is 4.74 Å². The Morgan fingerprint density at radius 1 is 1.00 bits per heavy atom. The van der Waals surface area contributed by atoms with Gasteiger partial charge in [0.05, 0.1) is 6.61 Å². The second kappa shape index (κ2) is 10.3. The average Bonchev–Trinajstić information content (AvgIpc) is 2.58. The third-order valence-electron chi connectivity index (χ3n) is 5.33. The lowest BCUT2D eigenvalue weighted by Gasteiger charge is -2.51. The van der Waals surface area contributed by atoms with Gasteiger partial charge in [0.15, 0.2) is 0 Å². The maximum absolute atomic E-state index is 11.3. The maximum atomic E-state index is 11.3. The Balaban J connectivity index is 1.81. The molecule has 0 amide bonds. The summed E-state index contributed by atoms with van der Waals surface area (Å²) in [5.74, 6) is 2.78. The minimum atomic E-state index is -0.264. The topological polar surface area (TPSA) is 26.3 Å². The number of hydrogen-bond acceptors (Lipinski definition) is 2. The molecule has 24 heavy (non-hydrogen) atoms. The first kappa shape index (κ1) is 18.8. The second-order valence-electron chi connectivity index (χ2n) is 6.88. The molecule has 0 aliphatic heterocycles. The number of fused-ring (bicyclic) bond motifs is 1. The van der Waals surface area contributed by atoms with Gasteiger partial charge < -0.3 is 4.74 Å². The van der Waals surface area contributed by atoms with Crippen molar-refractivity contribution in [2.45, 2.75) is 52.4 Å². The lowest BCUT2D eigenvalue weighted by atomic mass is 9.53. The molecule has 2 aliphatic rings. The van der Waals surface area contributed by atoms with Crippen LogP contribution in [-0.2, 0) is 9.53 Å². The second-order valence-corrected chi connectivity index (χ2v) is 6.88. The molecule has 4 atom stereocenters. The highest BCUT2D eigenvalue weighted by molar-refractivity contribution is 5.82. The van der Waals surface area contributed by atoms with Crippen LogP contribution in [-0.4, -0.2) is 12.6 Å². The Morgan fingerprint density at radius 3 is 2.46 bits per heavy atom. The van der Waals surface area contributed by atoms with Gasteiger partial charge in [0.1, 0.15) is 0 Å². The molecule has 1 fully saturated rings. The molecular formula is C22H32O2. The molecule has 132 valence electrons. The summed E-state index contributed by atoms with van der Waals surface area (Å²) in [5, 5.41) is 0. The fourth-order valence-electron chi connectivity index (χ4n) is 4.11. The third kappa shape index (κ3) is 5.22. The van der Waals surface area contributed by atoms with Gasteiger partial charge in [0.25, 0.3) is 0 Å². The molecular weight excluding hydrogens is 296 g/mol. The zero-order valence-electron chi connectivity index (χ0n) is 15.2. The molecule has 0 aromatic carbocycles. The van der Waals surface area contributed by atoms with Crippen molar-refractivity contribution in [2.24, 2.45) is 23.7 Å². The largest absolute Gasteiger partial charge is 0.463 e. The summed E-state index contributed by atoms with van der Waals surface area (Å²) in [7, 11) is 0. The summed E-state index contributed by atoms with van der Waals surface area (Å²) in [5.41, 5.74) is 0. The SMILES string of the molecule is CCCCCC[C@@H]1[C@H]2C=CC=C[C@H]2[C@H]1C/C=C/C=C/C(=O)OCC. The first-order valence-corrected chi connectivity index (χ1v) is 9.62. The Hall–Kier alpha value is -1.57. The summed E-state index contributed by atoms with van der Waals surface area (Å²) >= 11 is 0. The molecule has 0 aromatic rings. The van der Waals surface area contributed by atoms with Crippen LogP contribution in [0.2, 0.25) is 0 Å². The van der Waals surface area contributed by atoms with Gasteiger partial charge in [0.2, 0.25) is 0 Å². The van der Waals surface area contributed by atoms with Gasteiger partial charge in [-0.25, -0.2) is 4.79 Å². The number of hydrogen-bond donors (Lipinski definition) is 0. The lowest BCUT2D eigenvalue weighted by Crippen LogP contribution is -2.45. The minimum absolute atomic E-state index is 0.264. The normalized spacial score (nSPS) is 28.2. The van der Waals surface area contributed by atoms with Crippen LogP contribution in [0.25, 0.3) is 0 Å². The summed E-state index contributed by atoms with van der Waals surface area (Å²) in [6.45, 7) is 4.52. The van der Waals surface area contributed by atoms with Crippen LogP contribution in [0.3, 0.4) is 0 Å². The number of esters is 1. The van der Waals surface area contributed by atoms with Crippen molar-refractivity contribution in [3.05, 3.63) is 48.6 Å². The summed E-state index contributed by atoms with van der Waals surface area (Å²) < 4.78 is 4.88. The number of allylic oxidation sites excluding steroid dienone is 7. The number of carbonyl (C=O) groups is 1. The minimum Gasteiger partial charge on any atom is -0.463 e.